The Morgan fingerprint density at radius 2 is 2.24 bits per heavy atom. The minimum absolute atomic E-state index is 0.147. The standard InChI is InChI=1S/C8H7ClN6OS/c9-6-12-7(15-4-10-3-11-15)14-8(13-6)17-5-1-16-2-5/h3-5H,1-2H2. The zero-order valence-electron chi connectivity index (χ0n) is 8.52. The first-order valence-electron chi connectivity index (χ1n) is 4.82. The van der Waals surface area contributed by atoms with Crippen molar-refractivity contribution >= 4 is 23.4 Å². The van der Waals surface area contributed by atoms with Crippen LogP contribution in [0.2, 0.25) is 5.28 Å². The highest BCUT2D eigenvalue weighted by Gasteiger charge is 2.21. The van der Waals surface area contributed by atoms with E-state index >= 15 is 0 Å². The largest absolute Gasteiger partial charge is 0.379 e. The number of aromatic nitrogens is 6. The van der Waals surface area contributed by atoms with Crippen LogP contribution in [0.25, 0.3) is 5.95 Å². The highest BCUT2D eigenvalue weighted by atomic mass is 35.5. The maximum atomic E-state index is 5.84. The quantitative estimate of drug-likeness (QED) is 0.808. The molecule has 0 radical (unpaired) electrons. The molecule has 0 aliphatic carbocycles. The van der Waals surface area contributed by atoms with Gasteiger partial charge < -0.3 is 4.74 Å². The fraction of sp³-hybridized carbons (Fsp3) is 0.375. The topological polar surface area (TPSA) is 78.6 Å². The van der Waals surface area contributed by atoms with Crippen molar-refractivity contribution in [2.24, 2.45) is 0 Å². The number of hydrogen-bond acceptors (Lipinski definition) is 7. The predicted octanol–water partition coefficient (Wildman–Crippen LogP) is 0.597. The van der Waals surface area contributed by atoms with Gasteiger partial charge in [0.05, 0.1) is 18.5 Å². The molecule has 1 aliphatic rings. The Bertz CT molecular complexity index is 517. The molecule has 0 bridgehead atoms. The lowest BCUT2D eigenvalue weighted by atomic mass is 10.4. The van der Waals surface area contributed by atoms with Crippen molar-refractivity contribution in [2.75, 3.05) is 13.2 Å². The number of nitrogens with zero attached hydrogens (tertiary/aromatic N) is 6. The van der Waals surface area contributed by atoms with Gasteiger partial charge in [0.25, 0.3) is 5.95 Å². The van der Waals surface area contributed by atoms with Gasteiger partial charge in [-0.25, -0.2) is 4.98 Å². The second-order valence-electron chi connectivity index (χ2n) is 3.30. The normalized spacial score (nSPS) is 15.8. The van der Waals surface area contributed by atoms with Gasteiger partial charge in [-0.2, -0.15) is 24.7 Å². The summed E-state index contributed by atoms with van der Waals surface area (Å²) in [4.78, 5) is 16.1. The van der Waals surface area contributed by atoms with Crippen LogP contribution in [0.1, 0.15) is 0 Å². The Kier molecular flexibility index (Phi) is 2.91. The molecule has 0 unspecified atom stereocenters. The van der Waals surface area contributed by atoms with Gasteiger partial charge in [-0.15, -0.1) is 0 Å². The lowest BCUT2D eigenvalue weighted by molar-refractivity contribution is 0.0454. The van der Waals surface area contributed by atoms with Crippen molar-refractivity contribution < 1.29 is 4.74 Å². The molecule has 1 aliphatic heterocycles. The lowest BCUT2D eigenvalue weighted by Gasteiger charge is -2.24. The van der Waals surface area contributed by atoms with Gasteiger partial charge in [-0.1, -0.05) is 11.8 Å². The molecule has 0 atom stereocenters. The molecule has 3 rings (SSSR count). The summed E-state index contributed by atoms with van der Waals surface area (Å²) in [7, 11) is 0. The first kappa shape index (κ1) is 10.9. The zero-order chi connectivity index (χ0) is 11.7. The summed E-state index contributed by atoms with van der Waals surface area (Å²) >= 11 is 7.37. The van der Waals surface area contributed by atoms with E-state index in [4.69, 9.17) is 16.3 Å². The highest BCUT2D eigenvalue weighted by Crippen LogP contribution is 2.25. The van der Waals surface area contributed by atoms with E-state index in [1.54, 1.807) is 0 Å². The molecule has 0 spiro atoms. The summed E-state index contributed by atoms with van der Waals surface area (Å²) in [5.74, 6) is 0.366. The van der Waals surface area contributed by atoms with Crippen LogP contribution in [-0.2, 0) is 4.74 Å². The molecule has 7 nitrogen and oxygen atoms in total. The van der Waals surface area contributed by atoms with Crippen LogP contribution in [-0.4, -0.2) is 48.2 Å². The van der Waals surface area contributed by atoms with Gasteiger partial charge >= 0.3 is 0 Å². The fourth-order valence-corrected chi connectivity index (χ4v) is 2.33. The predicted molar refractivity (Wildman–Crippen MR) is 60.2 cm³/mol. The van der Waals surface area contributed by atoms with Crippen LogP contribution < -0.4 is 0 Å². The van der Waals surface area contributed by atoms with Crippen LogP contribution in [0.3, 0.4) is 0 Å². The van der Waals surface area contributed by atoms with Gasteiger partial charge in [0.2, 0.25) is 5.28 Å². The Morgan fingerprint density at radius 1 is 1.35 bits per heavy atom. The van der Waals surface area contributed by atoms with E-state index in [0.29, 0.717) is 29.6 Å². The van der Waals surface area contributed by atoms with E-state index in [2.05, 4.69) is 25.0 Å². The Labute approximate surface area is 106 Å². The van der Waals surface area contributed by atoms with E-state index in [1.807, 2.05) is 0 Å². The van der Waals surface area contributed by atoms with Crippen molar-refractivity contribution in [1.29, 1.82) is 0 Å². The number of thioether (sulfide) groups is 1. The molecule has 0 aromatic carbocycles. The molecule has 0 N–H and O–H groups in total. The van der Waals surface area contributed by atoms with Crippen molar-refractivity contribution in [2.45, 2.75) is 10.4 Å². The molecule has 2 aromatic rings. The Balaban J connectivity index is 1.89. The molecular weight excluding hydrogens is 264 g/mol. The van der Waals surface area contributed by atoms with E-state index in [0.717, 1.165) is 0 Å². The molecule has 3 heterocycles. The van der Waals surface area contributed by atoms with Gasteiger partial charge in [-0.05, 0) is 11.6 Å². The minimum Gasteiger partial charge on any atom is -0.379 e. The summed E-state index contributed by atoms with van der Waals surface area (Å²) in [6.07, 6.45) is 2.91. The third kappa shape index (κ3) is 2.38. The van der Waals surface area contributed by atoms with E-state index in [1.165, 1.54) is 29.1 Å². The number of halogens is 1. The molecule has 1 saturated heterocycles. The number of ether oxygens (including phenoxy) is 1. The molecule has 17 heavy (non-hydrogen) atoms. The summed E-state index contributed by atoms with van der Waals surface area (Å²) in [5.41, 5.74) is 0. The maximum Gasteiger partial charge on any atom is 0.257 e. The summed E-state index contributed by atoms with van der Waals surface area (Å²) in [5, 5.41) is 5.05. The SMILES string of the molecule is Clc1nc(SC2COC2)nc(-n2cncn2)n1. The molecule has 0 amide bonds. The van der Waals surface area contributed by atoms with Gasteiger partial charge in [0, 0.05) is 0 Å². The van der Waals surface area contributed by atoms with E-state index in [-0.39, 0.29) is 5.28 Å². The second kappa shape index (κ2) is 4.55. The minimum atomic E-state index is 0.147. The highest BCUT2D eigenvalue weighted by molar-refractivity contribution is 7.99. The van der Waals surface area contributed by atoms with Gasteiger partial charge in [0.15, 0.2) is 5.16 Å². The number of rotatable bonds is 3. The third-order valence-corrected chi connectivity index (χ3v) is 3.25. The Morgan fingerprint density at radius 3 is 2.88 bits per heavy atom. The van der Waals surface area contributed by atoms with Crippen LogP contribution >= 0.6 is 23.4 Å². The van der Waals surface area contributed by atoms with Crippen molar-refractivity contribution in [3.8, 4) is 5.95 Å². The van der Waals surface area contributed by atoms with Crippen LogP contribution in [0, 0.1) is 0 Å². The first-order chi connectivity index (χ1) is 8.31. The summed E-state index contributed by atoms with van der Waals surface area (Å²) in [6.45, 7) is 1.43. The van der Waals surface area contributed by atoms with Crippen LogP contribution in [0.5, 0.6) is 0 Å². The maximum absolute atomic E-state index is 5.84. The molecule has 9 heteroatoms. The summed E-state index contributed by atoms with van der Waals surface area (Å²) in [6, 6.07) is 0. The van der Waals surface area contributed by atoms with Crippen molar-refractivity contribution in [1.82, 2.24) is 29.7 Å². The van der Waals surface area contributed by atoms with Gasteiger partial charge in [0.1, 0.15) is 12.7 Å². The average molecular weight is 271 g/mol. The fourth-order valence-electron chi connectivity index (χ4n) is 1.22. The number of hydrogen-bond donors (Lipinski definition) is 0. The van der Waals surface area contributed by atoms with Crippen LogP contribution in [0.15, 0.2) is 17.8 Å². The lowest BCUT2D eigenvalue weighted by Crippen LogP contribution is -2.30. The smallest absolute Gasteiger partial charge is 0.257 e. The Hall–Kier alpha value is -1.25. The first-order valence-corrected chi connectivity index (χ1v) is 6.08. The molecule has 1 fully saturated rings. The molecule has 2 aromatic heterocycles. The zero-order valence-corrected chi connectivity index (χ0v) is 10.1. The molecule has 88 valence electrons. The third-order valence-electron chi connectivity index (χ3n) is 2.08. The summed E-state index contributed by atoms with van der Waals surface area (Å²) < 4.78 is 6.53. The van der Waals surface area contributed by atoms with Crippen LogP contribution in [0.4, 0.5) is 0 Å². The van der Waals surface area contributed by atoms with E-state index < -0.39 is 0 Å². The average Bonchev–Trinajstić information content (AvgIpc) is 2.76. The second-order valence-corrected chi connectivity index (χ2v) is 4.91. The molecular formula is C8H7ClN6OS. The monoisotopic (exact) mass is 270 g/mol. The molecule has 0 saturated carbocycles. The van der Waals surface area contributed by atoms with Crippen molar-refractivity contribution in [3.63, 3.8) is 0 Å². The van der Waals surface area contributed by atoms with Crippen molar-refractivity contribution in [3.05, 3.63) is 17.9 Å². The van der Waals surface area contributed by atoms with Gasteiger partial charge in [-0.3, -0.25) is 0 Å². The van der Waals surface area contributed by atoms with E-state index in [9.17, 15) is 0 Å².